The number of aromatic nitrogens is 2. The predicted molar refractivity (Wildman–Crippen MR) is 59.1 cm³/mol. The summed E-state index contributed by atoms with van der Waals surface area (Å²) in [6, 6.07) is 2.06. The summed E-state index contributed by atoms with van der Waals surface area (Å²) in [5, 5.41) is 8.54. The number of anilines is 2. The molecule has 16 heavy (non-hydrogen) atoms. The van der Waals surface area contributed by atoms with Crippen molar-refractivity contribution in [3.8, 4) is 6.07 Å². The first-order chi connectivity index (χ1) is 7.56. The maximum absolute atomic E-state index is 13.5. The van der Waals surface area contributed by atoms with Gasteiger partial charge in [-0.25, -0.2) is 9.37 Å². The molecule has 6 heteroatoms. The van der Waals surface area contributed by atoms with Gasteiger partial charge in [0.05, 0.1) is 18.7 Å². The number of hydrogen-bond donors (Lipinski definition) is 1. The largest absolute Gasteiger partial charge is 0.368 e. The van der Waals surface area contributed by atoms with E-state index in [9.17, 15) is 4.39 Å². The second-order valence-electron chi connectivity index (χ2n) is 3.60. The Morgan fingerprint density at radius 2 is 2.31 bits per heavy atom. The Balaban J connectivity index is 3.01. The van der Waals surface area contributed by atoms with Gasteiger partial charge in [-0.3, -0.25) is 0 Å². The summed E-state index contributed by atoms with van der Waals surface area (Å²) in [5.41, 5.74) is 5.41. The Morgan fingerprint density at radius 3 is 2.88 bits per heavy atom. The minimum atomic E-state index is -0.527. The van der Waals surface area contributed by atoms with Gasteiger partial charge in [-0.05, 0) is 13.8 Å². The van der Waals surface area contributed by atoms with E-state index in [1.165, 1.54) is 0 Å². The zero-order chi connectivity index (χ0) is 12.1. The third-order valence-electron chi connectivity index (χ3n) is 2.10. The molecule has 0 spiro atoms. The van der Waals surface area contributed by atoms with Gasteiger partial charge in [0.2, 0.25) is 5.95 Å². The Kier molecular flexibility index (Phi) is 4.00. The van der Waals surface area contributed by atoms with Gasteiger partial charge in [0.1, 0.15) is 0 Å². The Labute approximate surface area is 93.7 Å². The van der Waals surface area contributed by atoms with Crippen LogP contribution in [0.5, 0.6) is 0 Å². The maximum Gasteiger partial charge on any atom is 0.222 e. The SMILES string of the molecule is CC(C)N(CCC#N)c1nc(N)ncc1F. The van der Waals surface area contributed by atoms with Crippen LogP contribution in [0.25, 0.3) is 0 Å². The van der Waals surface area contributed by atoms with Crippen LogP contribution in [0.3, 0.4) is 0 Å². The molecule has 0 bridgehead atoms. The van der Waals surface area contributed by atoms with Crippen molar-refractivity contribution in [1.82, 2.24) is 9.97 Å². The van der Waals surface area contributed by atoms with Crippen molar-refractivity contribution < 1.29 is 4.39 Å². The van der Waals surface area contributed by atoms with Crippen LogP contribution < -0.4 is 10.6 Å². The molecule has 0 aliphatic carbocycles. The number of rotatable bonds is 4. The fourth-order valence-electron chi connectivity index (χ4n) is 1.35. The molecular formula is C10H14FN5. The van der Waals surface area contributed by atoms with Gasteiger partial charge in [-0.1, -0.05) is 0 Å². The minimum absolute atomic E-state index is 0.0269. The predicted octanol–water partition coefficient (Wildman–Crippen LogP) is 1.33. The lowest BCUT2D eigenvalue weighted by atomic mass is 10.3. The lowest BCUT2D eigenvalue weighted by molar-refractivity contribution is 0.585. The maximum atomic E-state index is 13.5. The Bertz CT molecular complexity index is 399. The van der Waals surface area contributed by atoms with E-state index in [1.807, 2.05) is 19.9 Å². The van der Waals surface area contributed by atoms with Crippen LogP contribution in [0.1, 0.15) is 20.3 Å². The van der Waals surface area contributed by atoms with E-state index in [4.69, 9.17) is 11.0 Å². The highest BCUT2D eigenvalue weighted by Gasteiger charge is 2.16. The van der Waals surface area contributed by atoms with Crippen LogP contribution in [-0.4, -0.2) is 22.6 Å². The van der Waals surface area contributed by atoms with Gasteiger partial charge < -0.3 is 10.6 Å². The second kappa shape index (κ2) is 5.26. The van der Waals surface area contributed by atoms with Crippen molar-refractivity contribution in [3.05, 3.63) is 12.0 Å². The molecule has 86 valence electrons. The highest BCUT2D eigenvalue weighted by molar-refractivity contribution is 5.43. The average molecular weight is 223 g/mol. The molecule has 0 aromatic carbocycles. The monoisotopic (exact) mass is 223 g/mol. The summed E-state index contributed by atoms with van der Waals surface area (Å²) in [7, 11) is 0. The Morgan fingerprint density at radius 1 is 1.62 bits per heavy atom. The number of nitriles is 1. The number of nitrogen functional groups attached to an aromatic ring is 1. The van der Waals surface area contributed by atoms with E-state index >= 15 is 0 Å². The summed E-state index contributed by atoms with van der Waals surface area (Å²) in [4.78, 5) is 9.11. The van der Waals surface area contributed by atoms with Crippen LogP contribution >= 0.6 is 0 Å². The number of nitrogens with zero attached hydrogens (tertiary/aromatic N) is 4. The minimum Gasteiger partial charge on any atom is -0.368 e. The van der Waals surface area contributed by atoms with Crippen molar-refractivity contribution in [2.75, 3.05) is 17.2 Å². The standard InChI is InChI=1S/C10H14FN5/c1-7(2)16(5-3-4-12)9-8(11)6-14-10(13)15-9/h6-7H,3,5H2,1-2H3,(H2,13,14,15). The molecule has 1 aromatic rings. The summed E-state index contributed by atoms with van der Waals surface area (Å²) in [6.45, 7) is 4.21. The van der Waals surface area contributed by atoms with E-state index in [-0.39, 0.29) is 17.8 Å². The fraction of sp³-hybridized carbons (Fsp3) is 0.500. The molecule has 0 atom stereocenters. The first-order valence-corrected chi connectivity index (χ1v) is 4.98. The van der Waals surface area contributed by atoms with E-state index in [1.54, 1.807) is 4.90 Å². The van der Waals surface area contributed by atoms with Crippen LogP contribution in [0.15, 0.2) is 6.20 Å². The molecule has 0 radical (unpaired) electrons. The first-order valence-electron chi connectivity index (χ1n) is 4.98. The van der Waals surface area contributed by atoms with Gasteiger partial charge in [0.15, 0.2) is 11.6 Å². The molecule has 0 amide bonds. The van der Waals surface area contributed by atoms with Crippen LogP contribution in [0.2, 0.25) is 0 Å². The highest BCUT2D eigenvalue weighted by atomic mass is 19.1. The smallest absolute Gasteiger partial charge is 0.222 e. The summed E-state index contributed by atoms with van der Waals surface area (Å²) < 4.78 is 13.5. The van der Waals surface area contributed by atoms with Crippen LogP contribution in [-0.2, 0) is 0 Å². The van der Waals surface area contributed by atoms with Crippen molar-refractivity contribution in [2.24, 2.45) is 0 Å². The highest BCUT2D eigenvalue weighted by Crippen LogP contribution is 2.18. The Hall–Kier alpha value is -1.90. The average Bonchev–Trinajstić information content (AvgIpc) is 2.23. The number of halogens is 1. The molecular weight excluding hydrogens is 209 g/mol. The van der Waals surface area contributed by atoms with Gasteiger partial charge >= 0.3 is 0 Å². The van der Waals surface area contributed by atoms with Crippen molar-refractivity contribution in [2.45, 2.75) is 26.3 Å². The topological polar surface area (TPSA) is 78.8 Å². The van der Waals surface area contributed by atoms with Gasteiger partial charge in [0.25, 0.3) is 0 Å². The summed E-state index contributed by atoms with van der Waals surface area (Å²) >= 11 is 0. The van der Waals surface area contributed by atoms with Crippen molar-refractivity contribution in [3.63, 3.8) is 0 Å². The second-order valence-corrected chi connectivity index (χ2v) is 3.60. The molecule has 1 heterocycles. The van der Waals surface area contributed by atoms with Crippen LogP contribution in [0, 0.1) is 17.1 Å². The summed E-state index contributed by atoms with van der Waals surface area (Å²) in [6.07, 6.45) is 1.35. The zero-order valence-electron chi connectivity index (χ0n) is 9.31. The first kappa shape index (κ1) is 12.2. The summed E-state index contributed by atoms with van der Waals surface area (Å²) in [5.74, 6) is -0.349. The molecule has 0 saturated heterocycles. The fourth-order valence-corrected chi connectivity index (χ4v) is 1.35. The molecule has 5 nitrogen and oxygen atoms in total. The quantitative estimate of drug-likeness (QED) is 0.832. The molecule has 2 N–H and O–H groups in total. The molecule has 0 saturated carbocycles. The molecule has 0 aliphatic rings. The van der Waals surface area contributed by atoms with E-state index < -0.39 is 5.82 Å². The van der Waals surface area contributed by atoms with Gasteiger partial charge in [-0.2, -0.15) is 10.2 Å². The molecule has 0 fully saturated rings. The third kappa shape index (κ3) is 2.79. The number of nitrogens with two attached hydrogens (primary N) is 1. The zero-order valence-corrected chi connectivity index (χ0v) is 9.31. The van der Waals surface area contributed by atoms with E-state index in [0.717, 1.165) is 6.20 Å². The number of hydrogen-bond acceptors (Lipinski definition) is 5. The molecule has 1 aromatic heterocycles. The van der Waals surface area contributed by atoms with Gasteiger partial charge in [-0.15, -0.1) is 0 Å². The van der Waals surface area contributed by atoms with E-state index in [0.29, 0.717) is 13.0 Å². The lowest BCUT2D eigenvalue weighted by Gasteiger charge is -2.27. The van der Waals surface area contributed by atoms with E-state index in [2.05, 4.69) is 9.97 Å². The molecule has 0 unspecified atom stereocenters. The normalized spacial score (nSPS) is 10.2. The van der Waals surface area contributed by atoms with Crippen molar-refractivity contribution >= 4 is 11.8 Å². The molecule has 1 rings (SSSR count). The van der Waals surface area contributed by atoms with Crippen molar-refractivity contribution in [1.29, 1.82) is 5.26 Å². The van der Waals surface area contributed by atoms with Gasteiger partial charge in [0, 0.05) is 12.6 Å². The lowest BCUT2D eigenvalue weighted by Crippen LogP contribution is -2.33. The third-order valence-corrected chi connectivity index (χ3v) is 2.10. The van der Waals surface area contributed by atoms with Crippen LogP contribution in [0.4, 0.5) is 16.2 Å². The molecule has 0 aliphatic heterocycles.